The van der Waals surface area contributed by atoms with Crippen LogP contribution in [0.5, 0.6) is 0 Å². The molecule has 0 radical (unpaired) electrons. The van der Waals surface area contributed by atoms with Crippen LogP contribution in [0.25, 0.3) is 0 Å². The molecule has 1 rings (SSSR count). The average molecular weight is 245 g/mol. The van der Waals surface area contributed by atoms with Crippen LogP contribution in [0.1, 0.15) is 13.3 Å². The molecule has 0 unspecified atom stereocenters. The van der Waals surface area contributed by atoms with Crippen LogP contribution in [0, 0.1) is 0 Å². The first-order chi connectivity index (χ1) is 8.01. The molecule has 0 aromatic heterocycles. The van der Waals surface area contributed by atoms with Crippen LogP contribution in [-0.4, -0.2) is 58.3 Å². The molecule has 0 aromatic rings. The van der Waals surface area contributed by atoms with Gasteiger partial charge in [-0.3, -0.25) is 4.79 Å². The van der Waals surface area contributed by atoms with Crippen LogP contribution in [0.4, 0.5) is 0 Å². The van der Waals surface area contributed by atoms with Crippen LogP contribution < -0.4 is 5.32 Å². The third kappa shape index (κ3) is 3.26. The van der Waals surface area contributed by atoms with E-state index in [1.165, 1.54) is 6.92 Å². The normalized spacial score (nSPS) is 37.5. The van der Waals surface area contributed by atoms with Crippen LogP contribution in [0.2, 0.25) is 0 Å². The van der Waals surface area contributed by atoms with Crippen molar-refractivity contribution in [1.82, 2.24) is 5.32 Å². The molecule has 1 fully saturated rings. The molecule has 0 aromatic carbocycles. The van der Waals surface area contributed by atoms with E-state index in [2.05, 4.69) is 11.9 Å². The van der Waals surface area contributed by atoms with Crippen molar-refractivity contribution in [2.45, 2.75) is 43.8 Å². The van der Waals surface area contributed by atoms with E-state index in [9.17, 15) is 15.0 Å². The molecule has 98 valence electrons. The van der Waals surface area contributed by atoms with Gasteiger partial charge in [0.15, 0.2) is 0 Å². The molecule has 1 aliphatic rings. The van der Waals surface area contributed by atoms with Gasteiger partial charge < -0.3 is 25.4 Å². The Morgan fingerprint density at radius 1 is 1.41 bits per heavy atom. The van der Waals surface area contributed by atoms with Gasteiger partial charge in [-0.2, -0.15) is 0 Å². The number of amides is 1. The molecule has 6 nitrogen and oxygen atoms in total. The number of rotatable bonds is 4. The lowest BCUT2D eigenvalue weighted by Gasteiger charge is -2.42. The average Bonchev–Trinajstić information content (AvgIpc) is 2.28. The molecule has 0 saturated carbocycles. The monoisotopic (exact) mass is 245 g/mol. The highest BCUT2D eigenvalue weighted by atomic mass is 16.5. The second-order valence-corrected chi connectivity index (χ2v) is 4.13. The Balaban J connectivity index is 2.82. The van der Waals surface area contributed by atoms with E-state index in [1.807, 2.05) is 0 Å². The predicted octanol–water partition coefficient (Wildman–Crippen LogP) is -1.45. The SMILES string of the molecule is C=CC[C@@H]1O[C@H](CO)[C@@H](O)[C@H](O)[C@H]1NC(C)=O. The summed E-state index contributed by atoms with van der Waals surface area (Å²) in [5.41, 5.74) is 0. The van der Waals surface area contributed by atoms with E-state index in [0.29, 0.717) is 6.42 Å². The number of carbonyl (C=O) groups excluding carboxylic acids is 1. The van der Waals surface area contributed by atoms with Crippen molar-refractivity contribution in [3.05, 3.63) is 12.7 Å². The Morgan fingerprint density at radius 2 is 2.06 bits per heavy atom. The van der Waals surface area contributed by atoms with Crippen molar-refractivity contribution >= 4 is 5.91 Å². The molecule has 0 spiro atoms. The zero-order chi connectivity index (χ0) is 13.0. The van der Waals surface area contributed by atoms with Gasteiger partial charge in [-0.05, 0) is 6.42 Å². The Hall–Kier alpha value is -0.950. The van der Waals surface area contributed by atoms with Crippen LogP contribution in [-0.2, 0) is 9.53 Å². The maximum absolute atomic E-state index is 11.0. The lowest BCUT2D eigenvalue weighted by molar-refractivity contribution is -0.194. The topological polar surface area (TPSA) is 99.0 Å². The fourth-order valence-corrected chi connectivity index (χ4v) is 1.97. The van der Waals surface area contributed by atoms with Crippen molar-refractivity contribution in [3.63, 3.8) is 0 Å². The number of aliphatic hydroxyl groups excluding tert-OH is 3. The highest BCUT2D eigenvalue weighted by Crippen LogP contribution is 2.23. The number of hydrogen-bond acceptors (Lipinski definition) is 5. The second-order valence-electron chi connectivity index (χ2n) is 4.13. The summed E-state index contributed by atoms with van der Waals surface area (Å²) in [6, 6.07) is -0.705. The molecule has 0 bridgehead atoms. The number of hydrogen-bond donors (Lipinski definition) is 4. The lowest BCUT2D eigenvalue weighted by atomic mass is 9.91. The van der Waals surface area contributed by atoms with Crippen LogP contribution in [0.3, 0.4) is 0 Å². The van der Waals surface area contributed by atoms with E-state index in [0.717, 1.165) is 0 Å². The summed E-state index contributed by atoms with van der Waals surface area (Å²) >= 11 is 0. The van der Waals surface area contributed by atoms with E-state index < -0.39 is 37.1 Å². The molecule has 1 amide bonds. The second kappa shape index (κ2) is 6.11. The van der Waals surface area contributed by atoms with Gasteiger partial charge in [-0.15, -0.1) is 6.58 Å². The first kappa shape index (κ1) is 14.1. The maximum atomic E-state index is 11.0. The van der Waals surface area contributed by atoms with E-state index in [4.69, 9.17) is 9.84 Å². The van der Waals surface area contributed by atoms with E-state index >= 15 is 0 Å². The third-order valence-corrected chi connectivity index (χ3v) is 2.80. The molecule has 1 heterocycles. The molecular weight excluding hydrogens is 226 g/mol. The largest absolute Gasteiger partial charge is 0.394 e. The summed E-state index contributed by atoms with van der Waals surface area (Å²) in [5.74, 6) is -0.318. The third-order valence-electron chi connectivity index (χ3n) is 2.80. The summed E-state index contributed by atoms with van der Waals surface area (Å²) in [6.45, 7) is 4.50. The zero-order valence-electron chi connectivity index (χ0n) is 9.74. The van der Waals surface area contributed by atoms with Crippen molar-refractivity contribution in [1.29, 1.82) is 0 Å². The number of carbonyl (C=O) groups is 1. The van der Waals surface area contributed by atoms with Crippen molar-refractivity contribution in [2.75, 3.05) is 6.61 Å². The fourth-order valence-electron chi connectivity index (χ4n) is 1.97. The minimum absolute atomic E-state index is 0.318. The molecule has 1 saturated heterocycles. The lowest BCUT2D eigenvalue weighted by Crippen LogP contribution is -2.63. The highest BCUT2D eigenvalue weighted by Gasteiger charge is 2.43. The van der Waals surface area contributed by atoms with Gasteiger partial charge in [0.2, 0.25) is 5.91 Å². The summed E-state index contributed by atoms with van der Waals surface area (Å²) in [4.78, 5) is 11.0. The number of nitrogens with one attached hydrogen (secondary N) is 1. The molecule has 17 heavy (non-hydrogen) atoms. The Labute approximate surface area is 99.9 Å². The van der Waals surface area contributed by atoms with Gasteiger partial charge in [0.25, 0.3) is 0 Å². The fraction of sp³-hybridized carbons (Fsp3) is 0.727. The van der Waals surface area contributed by atoms with Gasteiger partial charge in [-0.25, -0.2) is 0 Å². The van der Waals surface area contributed by atoms with Crippen LogP contribution in [0.15, 0.2) is 12.7 Å². The highest BCUT2D eigenvalue weighted by molar-refractivity contribution is 5.73. The first-order valence-electron chi connectivity index (χ1n) is 5.51. The molecule has 0 aliphatic carbocycles. The van der Waals surface area contributed by atoms with Crippen molar-refractivity contribution in [3.8, 4) is 0 Å². The van der Waals surface area contributed by atoms with E-state index in [-0.39, 0.29) is 5.91 Å². The first-order valence-corrected chi connectivity index (χ1v) is 5.51. The molecular formula is C11H19NO5. The summed E-state index contributed by atoms with van der Waals surface area (Å²) < 4.78 is 5.43. The summed E-state index contributed by atoms with van der Waals surface area (Å²) in [6.07, 6.45) is -1.75. The number of ether oxygens (including phenoxy) is 1. The smallest absolute Gasteiger partial charge is 0.217 e. The van der Waals surface area contributed by atoms with Gasteiger partial charge in [0, 0.05) is 6.92 Å². The Morgan fingerprint density at radius 3 is 2.53 bits per heavy atom. The summed E-state index contributed by atoms with van der Waals surface area (Å²) in [5, 5.41) is 31.2. The van der Waals surface area contributed by atoms with Gasteiger partial charge >= 0.3 is 0 Å². The predicted molar refractivity (Wildman–Crippen MR) is 60.2 cm³/mol. The maximum Gasteiger partial charge on any atom is 0.217 e. The quantitative estimate of drug-likeness (QED) is 0.454. The molecule has 1 aliphatic heterocycles. The molecule has 4 N–H and O–H groups in total. The van der Waals surface area contributed by atoms with Gasteiger partial charge in [0.1, 0.15) is 18.3 Å². The van der Waals surface area contributed by atoms with Crippen molar-refractivity contribution in [2.24, 2.45) is 0 Å². The Kier molecular flexibility index (Phi) is 5.07. The minimum atomic E-state index is -1.22. The van der Waals surface area contributed by atoms with Crippen LogP contribution >= 0.6 is 0 Å². The minimum Gasteiger partial charge on any atom is -0.394 e. The molecule has 6 heteroatoms. The Bertz CT molecular complexity index is 283. The zero-order valence-corrected chi connectivity index (χ0v) is 9.74. The standard InChI is InChI=1S/C11H19NO5/c1-3-4-7-9(12-6(2)14)11(16)10(15)8(5-13)17-7/h3,7-11,13,15-16H,1,4-5H2,2H3,(H,12,14)/t7-,8+,9-,10+,11+/m0/s1. The van der Waals surface area contributed by atoms with E-state index in [1.54, 1.807) is 6.08 Å². The van der Waals surface area contributed by atoms with Gasteiger partial charge in [0.05, 0.1) is 18.8 Å². The van der Waals surface area contributed by atoms with Gasteiger partial charge in [-0.1, -0.05) is 6.08 Å². The summed E-state index contributed by atoms with van der Waals surface area (Å²) in [7, 11) is 0. The number of aliphatic hydroxyl groups is 3. The molecule has 5 atom stereocenters. The van der Waals surface area contributed by atoms with Crippen molar-refractivity contribution < 1.29 is 24.9 Å².